The highest BCUT2D eigenvalue weighted by molar-refractivity contribution is 5.84. The number of fused-ring (bicyclic) bond motifs is 1. The molecule has 6 heteroatoms. The van der Waals surface area contributed by atoms with Crippen LogP contribution < -0.4 is 11.3 Å². The Morgan fingerprint density at radius 3 is 1.88 bits per heavy atom. The van der Waals surface area contributed by atoms with Gasteiger partial charge in [0.05, 0.1) is 11.4 Å². The summed E-state index contributed by atoms with van der Waals surface area (Å²) in [6.45, 7) is 0. The standard InChI is InChI=1S/C19H15N5O/c1-24-17-16(18(25)23-19(24)20)21-14(12-8-4-2-5-9-12)15(22-17)13-10-6-3-7-11-13/h2-11H,1H3,(H2,20,23,25). The fourth-order valence-corrected chi connectivity index (χ4v) is 2.74. The maximum absolute atomic E-state index is 12.3. The lowest BCUT2D eigenvalue weighted by Gasteiger charge is -2.12. The van der Waals surface area contributed by atoms with Crippen LogP contribution in [0.4, 0.5) is 5.95 Å². The maximum Gasteiger partial charge on any atom is 0.302 e. The van der Waals surface area contributed by atoms with Gasteiger partial charge in [-0.05, 0) is 0 Å². The van der Waals surface area contributed by atoms with E-state index in [1.54, 1.807) is 11.6 Å². The Morgan fingerprint density at radius 2 is 1.32 bits per heavy atom. The molecule has 0 fully saturated rings. The summed E-state index contributed by atoms with van der Waals surface area (Å²) in [6.07, 6.45) is 0. The first-order valence-electron chi connectivity index (χ1n) is 7.80. The number of hydrogen-bond acceptors (Lipinski definition) is 5. The van der Waals surface area contributed by atoms with E-state index < -0.39 is 5.56 Å². The molecular formula is C19H15N5O. The van der Waals surface area contributed by atoms with E-state index in [0.29, 0.717) is 17.0 Å². The van der Waals surface area contributed by atoms with E-state index in [1.807, 2.05) is 60.7 Å². The Balaban J connectivity index is 2.14. The number of aryl methyl sites for hydroxylation is 1. The molecule has 0 saturated carbocycles. The molecule has 4 rings (SSSR count). The van der Waals surface area contributed by atoms with Crippen molar-refractivity contribution in [1.29, 1.82) is 0 Å². The summed E-state index contributed by atoms with van der Waals surface area (Å²) in [4.78, 5) is 25.4. The van der Waals surface area contributed by atoms with Crippen molar-refractivity contribution in [2.24, 2.45) is 7.05 Å². The lowest BCUT2D eigenvalue weighted by Crippen LogP contribution is -2.18. The maximum atomic E-state index is 12.3. The Kier molecular flexibility index (Phi) is 3.50. The SMILES string of the molecule is Cn1c(N)nc(=O)c2nc(-c3ccccc3)c(-c3ccccc3)nc21. The largest absolute Gasteiger partial charge is 0.369 e. The molecule has 0 saturated heterocycles. The molecule has 0 aliphatic heterocycles. The van der Waals surface area contributed by atoms with E-state index in [0.717, 1.165) is 11.1 Å². The lowest BCUT2D eigenvalue weighted by molar-refractivity contribution is 0.898. The average molecular weight is 329 g/mol. The van der Waals surface area contributed by atoms with Crippen LogP contribution in [0.1, 0.15) is 0 Å². The lowest BCUT2D eigenvalue weighted by atomic mass is 10.0. The van der Waals surface area contributed by atoms with Crippen LogP contribution in [-0.4, -0.2) is 19.5 Å². The predicted molar refractivity (Wildman–Crippen MR) is 97.9 cm³/mol. The number of aromatic nitrogens is 4. The van der Waals surface area contributed by atoms with Gasteiger partial charge in [-0.25, -0.2) is 9.97 Å². The van der Waals surface area contributed by atoms with Crippen LogP contribution in [0.25, 0.3) is 33.7 Å². The quantitative estimate of drug-likeness (QED) is 0.611. The molecule has 0 amide bonds. The summed E-state index contributed by atoms with van der Waals surface area (Å²) in [5, 5.41) is 0. The second-order valence-electron chi connectivity index (χ2n) is 5.66. The van der Waals surface area contributed by atoms with Gasteiger partial charge in [0.15, 0.2) is 11.2 Å². The van der Waals surface area contributed by atoms with Crippen molar-refractivity contribution < 1.29 is 0 Å². The van der Waals surface area contributed by atoms with Crippen molar-refractivity contribution >= 4 is 17.1 Å². The molecule has 0 radical (unpaired) electrons. The molecule has 0 aliphatic rings. The minimum atomic E-state index is -0.477. The van der Waals surface area contributed by atoms with Crippen LogP contribution in [0.2, 0.25) is 0 Å². The Morgan fingerprint density at radius 1 is 0.800 bits per heavy atom. The summed E-state index contributed by atoms with van der Waals surface area (Å²) >= 11 is 0. The van der Waals surface area contributed by atoms with Gasteiger partial charge in [-0.15, -0.1) is 0 Å². The number of nitrogens with two attached hydrogens (primary N) is 1. The zero-order chi connectivity index (χ0) is 17.4. The van der Waals surface area contributed by atoms with E-state index in [-0.39, 0.29) is 11.5 Å². The van der Waals surface area contributed by atoms with Gasteiger partial charge in [0, 0.05) is 18.2 Å². The van der Waals surface area contributed by atoms with Gasteiger partial charge in [-0.2, -0.15) is 4.98 Å². The van der Waals surface area contributed by atoms with Gasteiger partial charge in [0.25, 0.3) is 0 Å². The molecule has 2 N–H and O–H groups in total. The average Bonchev–Trinajstić information content (AvgIpc) is 2.66. The topological polar surface area (TPSA) is 86.7 Å². The first-order valence-corrected chi connectivity index (χ1v) is 7.80. The zero-order valence-corrected chi connectivity index (χ0v) is 13.5. The van der Waals surface area contributed by atoms with E-state index in [9.17, 15) is 4.79 Å². The molecule has 2 aromatic heterocycles. The van der Waals surface area contributed by atoms with E-state index in [2.05, 4.69) is 9.97 Å². The molecular weight excluding hydrogens is 314 g/mol. The molecule has 0 bridgehead atoms. The summed E-state index contributed by atoms with van der Waals surface area (Å²) in [5.74, 6) is 0.110. The molecule has 6 nitrogen and oxygen atoms in total. The predicted octanol–water partition coefficient (Wildman–Crippen LogP) is 2.64. The molecule has 0 spiro atoms. The van der Waals surface area contributed by atoms with Gasteiger partial charge in [-0.1, -0.05) is 60.7 Å². The third-order valence-corrected chi connectivity index (χ3v) is 4.05. The molecule has 25 heavy (non-hydrogen) atoms. The van der Waals surface area contributed by atoms with Crippen LogP contribution in [-0.2, 0) is 7.05 Å². The Hall–Kier alpha value is -3.54. The molecule has 2 aromatic carbocycles. The minimum Gasteiger partial charge on any atom is -0.369 e. The molecule has 0 unspecified atom stereocenters. The van der Waals surface area contributed by atoms with Crippen molar-refractivity contribution in [3.8, 4) is 22.5 Å². The summed E-state index contributed by atoms with van der Waals surface area (Å²) < 4.78 is 1.57. The number of nitrogens with zero attached hydrogens (tertiary/aromatic N) is 4. The number of nitrogen functional groups attached to an aromatic ring is 1. The molecule has 2 heterocycles. The van der Waals surface area contributed by atoms with Gasteiger partial charge < -0.3 is 5.73 Å². The molecule has 0 atom stereocenters. The van der Waals surface area contributed by atoms with E-state index in [4.69, 9.17) is 10.7 Å². The van der Waals surface area contributed by atoms with Crippen molar-refractivity contribution in [2.75, 3.05) is 5.73 Å². The smallest absolute Gasteiger partial charge is 0.302 e. The number of benzene rings is 2. The zero-order valence-electron chi connectivity index (χ0n) is 13.5. The van der Waals surface area contributed by atoms with Gasteiger partial charge in [0.1, 0.15) is 0 Å². The fourth-order valence-electron chi connectivity index (χ4n) is 2.74. The van der Waals surface area contributed by atoms with Crippen molar-refractivity contribution in [1.82, 2.24) is 19.5 Å². The van der Waals surface area contributed by atoms with Crippen LogP contribution in [0, 0.1) is 0 Å². The summed E-state index contributed by atoms with van der Waals surface area (Å²) in [6, 6.07) is 19.4. The third kappa shape index (κ3) is 2.53. The van der Waals surface area contributed by atoms with Crippen LogP contribution in [0.15, 0.2) is 65.5 Å². The normalized spacial score (nSPS) is 10.9. The molecule has 0 aliphatic carbocycles. The van der Waals surface area contributed by atoms with Crippen molar-refractivity contribution in [3.05, 3.63) is 71.0 Å². The van der Waals surface area contributed by atoms with Gasteiger partial charge in [0.2, 0.25) is 5.95 Å². The summed E-state index contributed by atoms with van der Waals surface area (Å²) in [7, 11) is 1.72. The number of anilines is 1. The fraction of sp³-hybridized carbons (Fsp3) is 0.0526. The highest BCUT2D eigenvalue weighted by Gasteiger charge is 2.17. The molecule has 4 aromatic rings. The van der Waals surface area contributed by atoms with Crippen molar-refractivity contribution in [2.45, 2.75) is 0 Å². The molecule has 122 valence electrons. The van der Waals surface area contributed by atoms with Crippen molar-refractivity contribution in [3.63, 3.8) is 0 Å². The summed E-state index contributed by atoms with van der Waals surface area (Å²) in [5.41, 5.74) is 9.08. The minimum absolute atomic E-state index is 0.110. The van der Waals surface area contributed by atoms with Crippen LogP contribution >= 0.6 is 0 Å². The second-order valence-corrected chi connectivity index (χ2v) is 5.66. The highest BCUT2D eigenvalue weighted by atomic mass is 16.1. The van der Waals surface area contributed by atoms with E-state index >= 15 is 0 Å². The number of rotatable bonds is 2. The van der Waals surface area contributed by atoms with Crippen LogP contribution in [0.5, 0.6) is 0 Å². The first-order chi connectivity index (χ1) is 12.1. The Labute approximate surface area is 143 Å². The second kappa shape index (κ2) is 5.83. The van der Waals surface area contributed by atoms with Gasteiger partial charge in [-0.3, -0.25) is 9.36 Å². The first kappa shape index (κ1) is 15.0. The van der Waals surface area contributed by atoms with E-state index in [1.165, 1.54) is 0 Å². The highest BCUT2D eigenvalue weighted by Crippen LogP contribution is 2.30. The number of hydrogen-bond donors (Lipinski definition) is 1. The Bertz CT molecular complexity index is 1120. The monoisotopic (exact) mass is 329 g/mol. The van der Waals surface area contributed by atoms with Crippen LogP contribution in [0.3, 0.4) is 0 Å². The van der Waals surface area contributed by atoms with Gasteiger partial charge >= 0.3 is 5.56 Å². The third-order valence-electron chi connectivity index (χ3n) is 4.05.